The molecule has 1 aliphatic heterocycles. The van der Waals surface area contributed by atoms with Crippen molar-refractivity contribution in [2.24, 2.45) is 0 Å². The maximum absolute atomic E-state index is 13.2. The molecule has 3 rings (SSSR count). The topological polar surface area (TPSA) is 51.0 Å². The van der Waals surface area contributed by atoms with Gasteiger partial charge in [-0.05, 0) is 12.1 Å². The van der Waals surface area contributed by atoms with Crippen LogP contribution >= 0.6 is 0 Å². The third-order valence-corrected chi connectivity index (χ3v) is 3.61. The third kappa shape index (κ3) is 2.76. The molecule has 1 aliphatic rings. The molecule has 1 aromatic heterocycles. The number of benzene rings is 1. The lowest BCUT2D eigenvalue weighted by Crippen LogP contribution is -2.43. The smallest absolute Gasteiger partial charge is 0.255 e. The lowest BCUT2D eigenvalue weighted by Gasteiger charge is -2.32. The van der Waals surface area contributed by atoms with Gasteiger partial charge in [0.1, 0.15) is 12.7 Å². The summed E-state index contributed by atoms with van der Waals surface area (Å²) in [4.78, 5) is 14.0. The molecule has 1 saturated heterocycles. The summed E-state index contributed by atoms with van der Waals surface area (Å²) in [5.41, 5.74) is 1.10. The van der Waals surface area contributed by atoms with Gasteiger partial charge in [-0.3, -0.25) is 9.36 Å². The molecule has 0 atom stereocenters. The molecule has 0 spiro atoms. The highest BCUT2D eigenvalue weighted by molar-refractivity contribution is 5.97. The minimum Gasteiger partial charge on any atom is -0.338 e. The molecule has 21 heavy (non-hydrogen) atoms. The number of hydrogen-bond acceptors (Lipinski definition) is 3. The summed E-state index contributed by atoms with van der Waals surface area (Å²) < 4.78 is 28.0. The number of para-hydroxylation sites is 1. The average Bonchev–Trinajstić information content (AvgIpc) is 3.01. The fourth-order valence-corrected chi connectivity index (χ4v) is 2.41. The van der Waals surface area contributed by atoms with E-state index in [4.69, 9.17) is 0 Å². The number of carbonyl (C=O) groups is 1. The fraction of sp³-hybridized carbons (Fsp3) is 0.357. The molecule has 0 unspecified atom stereocenters. The number of piperidine rings is 1. The monoisotopic (exact) mass is 292 g/mol. The van der Waals surface area contributed by atoms with Gasteiger partial charge in [-0.2, -0.15) is 0 Å². The maximum Gasteiger partial charge on any atom is 0.255 e. The van der Waals surface area contributed by atoms with Gasteiger partial charge in [0.05, 0.1) is 11.3 Å². The first-order chi connectivity index (χ1) is 10.1. The van der Waals surface area contributed by atoms with E-state index in [0.29, 0.717) is 11.3 Å². The maximum atomic E-state index is 13.2. The van der Waals surface area contributed by atoms with E-state index in [9.17, 15) is 13.6 Å². The number of rotatable bonds is 2. The molecule has 5 nitrogen and oxygen atoms in total. The van der Waals surface area contributed by atoms with E-state index in [0.717, 1.165) is 0 Å². The fourth-order valence-electron chi connectivity index (χ4n) is 2.41. The second kappa shape index (κ2) is 5.23. The molecule has 1 aromatic carbocycles. The van der Waals surface area contributed by atoms with Crippen molar-refractivity contribution in [3.63, 3.8) is 0 Å². The quantitative estimate of drug-likeness (QED) is 0.852. The number of halogens is 2. The zero-order valence-corrected chi connectivity index (χ0v) is 11.2. The molecule has 0 radical (unpaired) electrons. The standard InChI is InChI=1S/C14H14F2N4O/c15-14(16)5-7-19(8-6-14)13(21)11-3-1-2-4-12(11)20-9-17-18-10-20/h1-4,9-10H,5-8H2. The molecule has 0 bridgehead atoms. The van der Waals surface area contributed by atoms with Gasteiger partial charge < -0.3 is 4.90 Å². The molecular formula is C14H14F2N4O. The predicted octanol–water partition coefficient (Wildman–Crippen LogP) is 2.14. The highest BCUT2D eigenvalue weighted by Gasteiger charge is 2.36. The Hall–Kier alpha value is -2.31. The second-order valence-corrected chi connectivity index (χ2v) is 5.03. The number of aromatic nitrogens is 3. The van der Waals surface area contributed by atoms with E-state index in [1.54, 1.807) is 28.8 Å². The summed E-state index contributed by atoms with van der Waals surface area (Å²) in [6.07, 6.45) is 2.42. The minimum atomic E-state index is -2.66. The van der Waals surface area contributed by atoms with Crippen molar-refractivity contribution >= 4 is 5.91 Å². The number of amides is 1. The van der Waals surface area contributed by atoms with E-state index in [-0.39, 0.29) is 31.8 Å². The normalized spacial score (nSPS) is 17.7. The Morgan fingerprint density at radius 1 is 1.10 bits per heavy atom. The van der Waals surface area contributed by atoms with E-state index < -0.39 is 5.92 Å². The SMILES string of the molecule is O=C(c1ccccc1-n1cnnc1)N1CCC(F)(F)CC1. The molecule has 0 saturated carbocycles. The molecule has 0 N–H and O–H groups in total. The van der Waals surface area contributed by atoms with E-state index in [1.165, 1.54) is 17.6 Å². The number of likely N-dealkylation sites (tertiary alicyclic amines) is 1. The zero-order chi connectivity index (χ0) is 14.9. The molecule has 2 aromatic rings. The predicted molar refractivity (Wildman–Crippen MR) is 71.4 cm³/mol. The van der Waals surface area contributed by atoms with Crippen molar-refractivity contribution < 1.29 is 13.6 Å². The van der Waals surface area contributed by atoms with Crippen LogP contribution in [0.4, 0.5) is 8.78 Å². The molecular weight excluding hydrogens is 278 g/mol. The van der Waals surface area contributed by atoms with E-state index in [2.05, 4.69) is 10.2 Å². The van der Waals surface area contributed by atoms with Crippen molar-refractivity contribution in [3.8, 4) is 5.69 Å². The van der Waals surface area contributed by atoms with Crippen LogP contribution in [-0.2, 0) is 0 Å². The molecule has 7 heteroatoms. The summed E-state index contributed by atoms with van der Waals surface area (Å²) in [7, 11) is 0. The van der Waals surface area contributed by atoms with E-state index in [1.807, 2.05) is 0 Å². The Morgan fingerprint density at radius 3 is 2.38 bits per heavy atom. The largest absolute Gasteiger partial charge is 0.338 e. The van der Waals surface area contributed by atoms with Crippen molar-refractivity contribution in [1.29, 1.82) is 0 Å². The molecule has 1 amide bonds. The van der Waals surface area contributed by atoms with Crippen molar-refractivity contribution in [2.45, 2.75) is 18.8 Å². The highest BCUT2D eigenvalue weighted by Crippen LogP contribution is 2.29. The van der Waals surface area contributed by atoms with Gasteiger partial charge in [0.25, 0.3) is 11.8 Å². The molecule has 1 fully saturated rings. The first kappa shape index (κ1) is 13.7. The number of nitrogens with zero attached hydrogens (tertiary/aromatic N) is 4. The summed E-state index contributed by atoms with van der Waals surface area (Å²) in [5, 5.41) is 7.44. The van der Waals surface area contributed by atoms with Crippen LogP contribution < -0.4 is 0 Å². The van der Waals surface area contributed by atoms with Gasteiger partial charge in [-0.15, -0.1) is 10.2 Å². The Kier molecular flexibility index (Phi) is 3.40. The minimum absolute atomic E-state index is 0.0718. The van der Waals surface area contributed by atoms with Crippen molar-refractivity contribution in [1.82, 2.24) is 19.7 Å². The second-order valence-electron chi connectivity index (χ2n) is 5.03. The molecule has 0 aliphatic carbocycles. The first-order valence-electron chi connectivity index (χ1n) is 6.68. The number of hydrogen-bond donors (Lipinski definition) is 0. The highest BCUT2D eigenvalue weighted by atomic mass is 19.3. The average molecular weight is 292 g/mol. The Labute approximate surface area is 120 Å². The Balaban J connectivity index is 1.86. The Bertz CT molecular complexity index is 632. The van der Waals surface area contributed by atoms with Crippen LogP contribution in [0.2, 0.25) is 0 Å². The Morgan fingerprint density at radius 2 is 1.71 bits per heavy atom. The zero-order valence-electron chi connectivity index (χ0n) is 11.2. The molecule has 110 valence electrons. The lowest BCUT2D eigenvalue weighted by atomic mass is 10.0. The third-order valence-electron chi connectivity index (χ3n) is 3.61. The van der Waals surface area contributed by atoms with Crippen molar-refractivity contribution in [2.75, 3.05) is 13.1 Å². The number of alkyl halides is 2. The van der Waals surface area contributed by atoms with Crippen LogP contribution in [0.5, 0.6) is 0 Å². The van der Waals surface area contributed by atoms with Crippen LogP contribution in [0.25, 0.3) is 5.69 Å². The van der Waals surface area contributed by atoms with Gasteiger partial charge in [0, 0.05) is 25.9 Å². The van der Waals surface area contributed by atoms with Crippen LogP contribution in [-0.4, -0.2) is 44.6 Å². The summed E-state index contributed by atoms with van der Waals surface area (Å²) in [6, 6.07) is 7.01. The van der Waals surface area contributed by atoms with Crippen LogP contribution in [0.3, 0.4) is 0 Å². The van der Waals surface area contributed by atoms with Crippen LogP contribution in [0.1, 0.15) is 23.2 Å². The molecule has 2 heterocycles. The first-order valence-corrected chi connectivity index (χ1v) is 6.68. The van der Waals surface area contributed by atoms with Gasteiger partial charge in [-0.1, -0.05) is 12.1 Å². The summed E-state index contributed by atoms with van der Waals surface area (Å²) in [6.45, 7) is 0.144. The van der Waals surface area contributed by atoms with Gasteiger partial charge in [-0.25, -0.2) is 8.78 Å². The van der Waals surface area contributed by atoms with Gasteiger partial charge in [0.15, 0.2) is 0 Å². The summed E-state index contributed by atoms with van der Waals surface area (Å²) in [5.74, 6) is -2.90. The van der Waals surface area contributed by atoms with Crippen LogP contribution in [0, 0.1) is 0 Å². The van der Waals surface area contributed by atoms with Crippen LogP contribution in [0.15, 0.2) is 36.9 Å². The van der Waals surface area contributed by atoms with Gasteiger partial charge >= 0.3 is 0 Å². The van der Waals surface area contributed by atoms with E-state index >= 15 is 0 Å². The summed E-state index contributed by atoms with van der Waals surface area (Å²) >= 11 is 0. The van der Waals surface area contributed by atoms with Gasteiger partial charge in [0.2, 0.25) is 0 Å². The van der Waals surface area contributed by atoms with Crippen molar-refractivity contribution in [3.05, 3.63) is 42.5 Å². The number of carbonyl (C=O) groups excluding carboxylic acids is 1. The lowest BCUT2D eigenvalue weighted by molar-refractivity contribution is -0.0494.